The molecule has 0 heterocycles. The van der Waals surface area contributed by atoms with Crippen LogP contribution in [0.2, 0.25) is 0 Å². The van der Waals surface area contributed by atoms with Gasteiger partial charge in [-0.05, 0) is 50.8 Å². The highest BCUT2D eigenvalue weighted by atomic mass is 16.5. The van der Waals surface area contributed by atoms with Gasteiger partial charge in [-0.2, -0.15) is 0 Å². The summed E-state index contributed by atoms with van der Waals surface area (Å²) < 4.78 is 5.41. The molecule has 0 unspecified atom stereocenters. The predicted molar refractivity (Wildman–Crippen MR) is 92.3 cm³/mol. The Morgan fingerprint density at radius 2 is 1.92 bits per heavy atom. The van der Waals surface area contributed by atoms with Crippen LogP contribution in [0.5, 0.6) is 5.75 Å². The number of nitrogens with one attached hydrogen (secondary N) is 1. The van der Waals surface area contributed by atoms with Gasteiger partial charge in [-0.3, -0.25) is 9.59 Å². The maximum absolute atomic E-state index is 13.0. The van der Waals surface area contributed by atoms with E-state index in [0.717, 1.165) is 42.6 Å². The minimum atomic E-state index is -0.986. The highest BCUT2D eigenvalue weighted by Gasteiger charge is 2.43. The number of benzene rings is 1. The SMILES string of the molecule is COc1cc(C2(C(=O)NCC(C)(C)C(=O)O)CCCC2)ccc1C. The fraction of sp³-hybridized carbons (Fsp3) is 0.579. The Labute approximate surface area is 143 Å². The van der Waals surface area contributed by atoms with Gasteiger partial charge in [0.05, 0.1) is 17.9 Å². The van der Waals surface area contributed by atoms with Crippen molar-refractivity contribution in [3.8, 4) is 5.75 Å². The first-order valence-electron chi connectivity index (χ1n) is 8.40. The lowest BCUT2D eigenvalue weighted by molar-refractivity contribution is -0.147. The van der Waals surface area contributed by atoms with Gasteiger partial charge >= 0.3 is 5.97 Å². The van der Waals surface area contributed by atoms with E-state index in [9.17, 15) is 14.7 Å². The van der Waals surface area contributed by atoms with Crippen molar-refractivity contribution in [3.63, 3.8) is 0 Å². The molecule has 2 rings (SSSR count). The predicted octanol–water partition coefficient (Wildman–Crippen LogP) is 3.04. The van der Waals surface area contributed by atoms with E-state index >= 15 is 0 Å². The number of hydrogen-bond donors (Lipinski definition) is 2. The summed E-state index contributed by atoms with van der Waals surface area (Å²) in [6, 6.07) is 5.91. The summed E-state index contributed by atoms with van der Waals surface area (Å²) in [6.07, 6.45) is 3.54. The zero-order valence-electron chi connectivity index (χ0n) is 14.9. The van der Waals surface area contributed by atoms with Gasteiger partial charge in [0, 0.05) is 6.54 Å². The topological polar surface area (TPSA) is 75.6 Å². The summed E-state index contributed by atoms with van der Waals surface area (Å²) in [5.74, 6) is -0.224. The molecule has 1 aliphatic carbocycles. The molecule has 132 valence electrons. The number of rotatable bonds is 6. The maximum Gasteiger partial charge on any atom is 0.310 e. The van der Waals surface area contributed by atoms with Gasteiger partial charge in [-0.25, -0.2) is 0 Å². The molecule has 1 saturated carbocycles. The quantitative estimate of drug-likeness (QED) is 0.839. The Hall–Kier alpha value is -2.04. The molecule has 0 radical (unpaired) electrons. The first-order chi connectivity index (χ1) is 11.2. The van der Waals surface area contributed by atoms with E-state index in [0.29, 0.717) is 0 Å². The minimum Gasteiger partial charge on any atom is -0.496 e. The number of aliphatic carboxylic acids is 1. The number of ether oxygens (including phenoxy) is 1. The van der Waals surface area contributed by atoms with E-state index in [2.05, 4.69) is 5.32 Å². The molecule has 0 aliphatic heterocycles. The Morgan fingerprint density at radius 3 is 2.46 bits per heavy atom. The molecule has 0 bridgehead atoms. The van der Waals surface area contributed by atoms with Crippen LogP contribution in [-0.2, 0) is 15.0 Å². The van der Waals surface area contributed by atoms with Gasteiger partial charge in [0.2, 0.25) is 5.91 Å². The van der Waals surface area contributed by atoms with Crippen LogP contribution in [0.1, 0.15) is 50.7 Å². The summed E-state index contributed by atoms with van der Waals surface area (Å²) in [7, 11) is 1.63. The molecule has 1 amide bonds. The molecular weight excluding hydrogens is 306 g/mol. The van der Waals surface area contributed by atoms with Crippen molar-refractivity contribution in [1.82, 2.24) is 5.32 Å². The fourth-order valence-corrected chi connectivity index (χ4v) is 3.29. The number of methoxy groups -OCH3 is 1. The Morgan fingerprint density at radius 1 is 1.29 bits per heavy atom. The van der Waals surface area contributed by atoms with Crippen molar-refractivity contribution in [3.05, 3.63) is 29.3 Å². The number of carbonyl (C=O) groups is 2. The van der Waals surface area contributed by atoms with E-state index in [4.69, 9.17) is 4.74 Å². The van der Waals surface area contributed by atoms with Crippen LogP contribution in [-0.4, -0.2) is 30.6 Å². The van der Waals surface area contributed by atoms with Crippen molar-refractivity contribution < 1.29 is 19.4 Å². The third kappa shape index (κ3) is 3.40. The number of amides is 1. The van der Waals surface area contributed by atoms with Crippen LogP contribution >= 0.6 is 0 Å². The number of carbonyl (C=O) groups excluding carboxylic acids is 1. The molecule has 1 aromatic carbocycles. The number of hydrogen-bond acceptors (Lipinski definition) is 3. The van der Waals surface area contributed by atoms with Gasteiger partial charge in [0.1, 0.15) is 5.75 Å². The normalized spacial score (nSPS) is 16.7. The maximum atomic E-state index is 13.0. The van der Waals surface area contributed by atoms with Crippen LogP contribution in [0.25, 0.3) is 0 Å². The van der Waals surface area contributed by atoms with Gasteiger partial charge in [0.25, 0.3) is 0 Å². The van der Waals surface area contributed by atoms with Crippen LogP contribution in [0.3, 0.4) is 0 Å². The van der Waals surface area contributed by atoms with E-state index in [1.54, 1.807) is 21.0 Å². The summed E-state index contributed by atoms with van der Waals surface area (Å²) in [6.45, 7) is 5.32. The lowest BCUT2D eigenvalue weighted by atomic mass is 9.77. The molecule has 24 heavy (non-hydrogen) atoms. The second-order valence-corrected chi connectivity index (χ2v) is 7.35. The molecule has 1 aromatic rings. The van der Waals surface area contributed by atoms with E-state index in [-0.39, 0.29) is 12.5 Å². The van der Waals surface area contributed by atoms with Gasteiger partial charge in [-0.15, -0.1) is 0 Å². The molecule has 0 saturated heterocycles. The van der Waals surface area contributed by atoms with Crippen LogP contribution in [0.4, 0.5) is 0 Å². The monoisotopic (exact) mass is 333 g/mol. The second kappa shape index (κ2) is 6.83. The summed E-state index contributed by atoms with van der Waals surface area (Å²) in [4.78, 5) is 24.2. The smallest absolute Gasteiger partial charge is 0.310 e. The third-order valence-electron chi connectivity index (χ3n) is 5.12. The van der Waals surface area contributed by atoms with Crippen LogP contribution < -0.4 is 10.1 Å². The number of carboxylic acids is 1. The zero-order chi connectivity index (χ0) is 18.0. The summed E-state index contributed by atoms with van der Waals surface area (Å²) >= 11 is 0. The largest absolute Gasteiger partial charge is 0.496 e. The van der Waals surface area contributed by atoms with Crippen molar-refractivity contribution in [2.75, 3.05) is 13.7 Å². The molecule has 5 nitrogen and oxygen atoms in total. The van der Waals surface area contributed by atoms with E-state index < -0.39 is 16.8 Å². The number of aryl methyl sites for hydroxylation is 1. The number of carboxylic acid groups (broad SMARTS) is 1. The van der Waals surface area contributed by atoms with E-state index in [1.165, 1.54) is 0 Å². The molecule has 0 atom stereocenters. The fourth-order valence-electron chi connectivity index (χ4n) is 3.29. The highest BCUT2D eigenvalue weighted by molar-refractivity contribution is 5.89. The summed E-state index contributed by atoms with van der Waals surface area (Å²) in [5, 5.41) is 12.1. The standard InChI is InChI=1S/C19H27NO4/c1-13-7-8-14(11-15(13)24-4)19(9-5-6-10-19)16(21)20-12-18(2,3)17(22)23/h7-8,11H,5-6,9-10,12H2,1-4H3,(H,20,21)(H,22,23). The van der Waals surface area contributed by atoms with Crippen molar-refractivity contribution in [1.29, 1.82) is 0 Å². The van der Waals surface area contributed by atoms with Crippen LogP contribution in [0.15, 0.2) is 18.2 Å². The lowest BCUT2D eigenvalue weighted by Crippen LogP contribution is -2.47. The Kier molecular flexibility index (Phi) is 5.21. The second-order valence-electron chi connectivity index (χ2n) is 7.35. The van der Waals surface area contributed by atoms with Gasteiger partial charge in [-0.1, -0.05) is 25.0 Å². The Bertz CT molecular complexity index is 630. The van der Waals surface area contributed by atoms with Gasteiger partial charge < -0.3 is 15.2 Å². The van der Waals surface area contributed by atoms with Crippen LogP contribution in [0, 0.1) is 12.3 Å². The first-order valence-corrected chi connectivity index (χ1v) is 8.40. The average molecular weight is 333 g/mol. The Balaban J connectivity index is 2.28. The van der Waals surface area contributed by atoms with Gasteiger partial charge in [0.15, 0.2) is 0 Å². The lowest BCUT2D eigenvalue weighted by Gasteiger charge is -2.30. The molecular formula is C19H27NO4. The molecule has 5 heteroatoms. The highest BCUT2D eigenvalue weighted by Crippen LogP contribution is 2.43. The minimum absolute atomic E-state index is 0.0831. The van der Waals surface area contributed by atoms with Crippen molar-refractivity contribution in [2.24, 2.45) is 5.41 Å². The molecule has 2 N–H and O–H groups in total. The molecule has 0 aromatic heterocycles. The average Bonchev–Trinajstić information content (AvgIpc) is 3.04. The third-order valence-corrected chi connectivity index (χ3v) is 5.12. The first kappa shape index (κ1) is 18.3. The molecule has 0 spiro atoms. The van der Waals surface area contributed by atoms with E-state index in [1.807, 2.05) is 25.1 Å². The molecule has 1 aliphatic rings. The van der Waals surface area contributed by atoms with Crippen molar-refractivity contribution in [2.45, 2.75) is 51.9 Å². The zero-order valence-corrected chi connectivity index (χ0v) is 14.9. The molecule has 1 fully saturated rings. The summed E-state index contributed by atoms with van der Waals surface area (Å²) in [5.41, 5.74) is 0.408. The van der Waals surface area contributed by atoms with Crippen molar-refractivity contribution >= 4 is 11.9 Å².